The number of hydrogen-bond donors (Lipinski definition) is 4. The van der Waals surface area contributed by atoms with E-state index in [1.807, 2.05) is 0 Å². The monoisotopic (exact) mass is 336 g/mol. The summed E-state index contributed by atoms with van der Waals surface area (Å²) in [6.45, 7) is 8.64. The summed E-state index contributed by atoms with van der Waals surface area (Å²) in [5.74, 6) is -0.189. The van der Waals surface area contributed by atoms with Gasteiger partial charge in [0.05, 0.1) is 0 Å². The molecule has 1 rings (SSSR count). The van der Waals surface area contributed by atoms with Crippen LogP contribution in [0.25, 0.3) is 0 Å². The maximum atomic E-state index is 12.6. The molecule has 4 unspecified atom stereocenters. The molecular weight excluding hydrogens is 304 g/mol. The lowest BCUT2D eigenvalue weighted by Gasteiger charge is -2.37. The van der Waals surface area contributed by atoms with Crippen LogP contribution >= 0.6 is 0 Å². The van der Waals surface area contributed by atoms with Crippen LogP contribution < -0.4 is 22.1 Å². The molecule has 0 radical (unpaired) electrons. The van der Waals surface area contributed by atoms with E-state index >= 15 is 0 Å². The lowest BCUT2D eigenvalue weighted by atomic mass is 9.85. The van der Waals surface area contributed by atoms with Crippen LogP contribution in [0.5, 0.6) is 0 Å². The SMILES string of the molecule is C=CCC(CCCN)C1NC(=O)C(C(CC=C)CCCN)NC1=O. The molecule has 1 fully saturated rings. The first kappa shape index (κ1) is 20.4. The van der Waals surface area contributed by atoms with Gasteiger partial charge in [-0.05, 0) is 63.5 Å². The first-order valence-corrected chi connectivity index (χ1v) is 8.81. The van der Waals surface area contributed by atoms with Crippen LogP contribution in [0.4, 0.5) is 0 Å². The highest BCUT2D eigenvalue weighted by Crippen LogP contribution is 2.23. The van der Waals surface area contributed by atoms with Gasteiger partial charge in [0.2, 0.25) is 11.8 Å². The smallest absolute Gasteiger partial charge is 0.243 e. The van der Waals surface area contributed by atoms with E-state index in [1.54, 1.807) is 12.2 Å². The van der Waals surface area contributed by atoms with E-state index in [-0.39, 0.29) is 23.7 Å². The number of nitrogens with two attached hydrogens (primary N) is 2. The van der Waals surface area contributed by atoms with Gasteiger partial charge in [0.1, 0.15) is 12.1 Å². The van der Waals surface area contributed by atoms with Crippen molar-refractivity contribution in [3.05, 3.63) is 25.3 Å². The van der Waals surface area contributed by atoms with Crippen LogP contribution in [-0.2, 0) is 9.59 Å². The minimum absolute atomic E-state index is 0.0258. The Morgan fingerprint density at radius 2 is 1.25 bits per heavy atom. The van der Waals surface area contributed by atoms with Gasteiger partial charge in [-0.25, -0.2) is 0 Å². The molecule has 2 amide bonds. The molecule has 1 saturated heterocycles. The highest BCUT2D eigenvalue weighted by atomic mass is 16.2. The third-order valence-corrected chi connectivity index (χ3v) is 4.60. The number of carbonyl (C=O) groups is 2. The van der Waals surface area contributed by atoms with Gasteiger partial charge in [0.25, 0.3) is 0 Å². The molecule has 136 valence electrons. The average molecular weight is 336 g/mol. The second kappa shape index (κ2) is 11.0. The number of nitrogens with one attached hydrogen (secondary N) is 2. The molecule has 0 aliphatic carbocycles. The topological polar surface area (TPSA) is 110 Å². The summed E-state index contributed by atoms with van der Waals surface area (Å²) in [6, 6.07) is -1.03. The summed E-state index contributed by atoms with van der Waals surface area (Å²) in [4.78, 5) is 25.1. The number of rotatable bonds is 12. The molecule has 0 bridgehead atoms. The van der Waals surface area contributed by atoms with Crippen molar-refractivity contribution in [3.63, 3.8) is 0 Å². The van der Waals surface area contributed by atoms with Gasteiger partial charge >= 0.3 is 0 Å². The molecule has 0 spiro atoms. The van der Waals surface area contributed by atoms with Crippen molar-refractivity contribution in [2.24, 2.45) is 23.3 Å². The highest BCUT2D eigenvalue weighted by Gasteiger charge is 2.40. The molecule has 0 saturated carbocycles. The average Bonchev–Trinajstić information content (AvgIpc) is 2.57. The highest BCUT2D eigenvalue weighted by molar-refractivity contribution is 5.97. The van der Waals surface area contributed by atoms with E-state index in [0.29, 0.717) is 25.9 Å². The first-order valence-electron chi connectivity index (χ1n) is 8.81. The van der Waals surface area contributed by atoms with Crippen molar-refractivity contribution in [3.8, 4) is 0 Å². The summed E-state index contributed by atoms with van der Waals surface area (Å²) in [5, 5.41) is 5.84. The predicted molar refractivity (Wildman–Crippen MR) is 97.0 cm³/mol. The largest absolute Gasteiger partial charge is 0.342 e. The van der Waals surface area contributed by atoms with Crippen LogP contribution in [0, 0.1) is 11.8 Å². The molecule has 1 heterocycles. The Bertz CT molecular complexity index is 399. The van der Waals surface area contributed by atoms with Gasteiger partial charge in [0, 0.05) is 0 Å². The fourth-order valence-electron chi connectivity index (χ4n) is 3.31. The molecule has 6 nitrogen and oxygen atoms in total. The number of piperazine rings is 1. The maximum Gasteiger partial charge on any atom is 0.243 e. The van der Waals surface area contributed by atoms with E-state index in [4.69, 9.17) is 11.5 Å². The minimum atomic E-state index is -0.516. The molecule has 4 atom stereocenters. The van der Waals surface area contributed by atoms with Crippen LogP contribution in [0.1, 0.15) is 38.5 Å². The number of hydrogen-bond acceptors (Lipinski definition) is 4. The number of carbonyl (C=O) groups excluding carboxylic acids is 2. The van der Waals surface area contributed by atoms with Gasteiger partial charge in [-0.3, -0.25) is 9.59 Å². The Balaban J connectivity index is 2.79. The van der Waals surface area contributed by atoms with Crippen molar-refractivity contribution in [1.82, 2.24) is 10.6 Å². The second-order valence-electron chi connectivity index (χ2n) is 6.40. The van der Waals surface area contributed by atoms with Crippen LogP contribution in [0.15, 0.2) is 25.3 Å². The second-order valence-corrected chi connectivity index (χ2v) is 6.40. The molecule has 0 aromatic rings. The fraction of sp³-hybridized carbons (Fsp3) is 0.667. The number of allylic oxidation sites excluding steroid dienone is 2. The van der Waals surface area contributed by atoms with E-state index < -0.39 is 12.1 Å². The normalized spacial score (nSPS) is 23.1. The molecular formula is C18H32N4O2. The van der Waals surface area contributed by atoms with Gasteiger partial charge < -0.3 is 22.1 Å². The molecule has 6 N–H and O–H groups in total. The number of amides is 2. The Labute approximate surface area is 145 Å². The van der Waals surface area contributed by atoms with Gasteiger partial charge in [-0.15, -0.1) is 13.2 Å². The van der Waals surface area contributed by atoms with Gasteiger partial charge in [-0.1, -0.05) is 12.2 Å². The predicted octanol–water partition coefficient (Wildman–Crippen LogP) is 0.832. The molecule has 1 aliphatic heterocycles. The van der Waals surface area contributed by atoms with Crippen molar-refractivity contribution < 1.29 is 9.59 Å². The van der Waals surface area contributed by atoms with Gasteiger partial charge in [0.15, 0.2) is 0 Å². The van der Waals surface area contributed by atoms with Gasteiger partial charge in [-0.2, -0.15) is 0 Å². The summed E-state index contributed by atoms with van der Waals surface area (Å²) >= 11 is 0. The minimum Gasteiger partial charge on any atom is -0.342 e. The van der Waals surface area contributed by atoms with Crippen molar-refractivity contribution >= 4 is 11.8 Å². The Kier molecular flexibility index (Phi) is 9.34. The molecule has 0 aromatic carbocycles. The maximum absolute atomic E-state index is 12.6. The van der Waals surface area contributed by atoms with Crippen LogP contribution in [0.3, 0.4) is 0 Å². The van der Waals surface area contributed by atoms with E-state index in [2.05, 4.69) is 23.8 Å². The summed E-state index contributed by atoms with van der Waals surface area (Å²) in [6.07, 6.45) is 8.12. The quantitative estimate of drug-likeness (QED) is 0.396. The fourth-order valence-corrected chi connectivity index (χ4v) is 3.31. The van der Waals surface area contributed by atoms with Crippen LogP contribution in [0.2, 0.25) is 0 Å². The lowest BCUT2D eigenvalue weighted by Crippen LogP contribution is -2.65. The molecule has 24 heavy (non-hydrogen) atoms. The zero-order chi connectivity index (χ0) is 17.9. The van der Waals surface area contributed by atoms with E-state index in [0.717, 1.165) is 25.7 Å². The zero-order valence-corrected chi connectivity index (χ0v) is 14.5. The Morgan fingerprint density at radius 3 is 1.54 bits per heavy atom. The van der Waals surface area contributed by atoms with Crippen molar-refractivity contribution in [2.45, 2.75) is 50.6 Å². The summed E-state index contributed by atoms with van der Waals surface area (Å²) < 4.78 is 0. The summed E-state index contributed by atoms with van der Waals surface area (Å²) in [5.41, 5.74) is 11.1. The molecule has 0 aromatic heterocycles. The Hall–Kier alpha value is -1.66. The van der Waals surface area contributed by atoms with Crippen LogP contribution in [-0.4, -0.2) is 37.0 Å². The standard InChI is InChI=1S/C18H32N4O2/c1-3-7-13(9-5-11-19)15-17(23)22-16(18(24)21-15)14(8-4-2)10-6-12-20/h3-4,13-16H,1-2,5-12,19-20H2,(H,21,24)(H,22,23). The van der Waals surface area contributed by atoms with E-state index in [9.17, 15) is 9.59 Å². The third-order valence-electron chi connectivity index (χ3n) is 4.60. The van der Waals surface area contributed by atoms with E-state index in [1.165, 1.54) is 0 Å². The van der Waals surface area contributed by atoms with Crippen molar-refractivity contribution in [2.75, 3.05) is 13.1 Å². The summed E-state index contributed by atoms with van der Waals surface area (Å²) in [7, 11) is 0. The first-order chi connectivity index (χ1) is 11.6. The third kappa shape index (κ3) is 5.76. The zero-order valence-electron chi connectivity index (χ0n) is 14.5. The molecule has 1 aliphatic rings. The molecule has 6 heteroatoms. The Morgan fingerprint density at radius 1 is 0.875 bits per heavy atom. The van der Waals surface area contributed by atoms with Crippen molar-refractivity contribution in [1.29, 1.82) is 0 Å². The lowest BCUT2D eigenvalue weighted by molar-refractivity contribution is -0.139.